The minimum absolute atomic E-state index is 0.464. The van der Waals surface area contributed by atoms with Gasteiger partial charge in [0.15, 0.2) is 0 Å². The number of nitrogens with zero attached hydrogens (tertiary/aromatic N) is 1. The summed E-state index contributed by atoms with van der Waals surface area (Å²) < 4.78 is 0. The number of benzene rings is 1. The highest BCUT2D eigenvalue weighted by atomic mass is 15.0. The molecule has 1 atom stereocenters. The largest absolute Gasteiger partial charge is 0.373 e. The zero-order valence-corrected chi connectivity index (χ0v) is 10.9. The minimum atomic E-state index is 0.464. The van der Waals surface area contributed by atoms with Crippen LogP contribution in [0.2, 0.25) is 0 Å². The third-order valence-electron chi connectivity index (χ3n) is 2.96. The Morgan fingerprint density at radius 3 is 2.44 bits per heavy atom. The van der Waals surface area contributed by atoms with Crippen molar-refractivity contribution in [1.29, 1.82) is 0 Å². The smallest absolute Gasteiger partial charge is 0.128 e. The Hall–Kier alpha value is -2.03. The van der Waals surface area contributed by atoms with E-state index in [1.807, 2.05) is 31.3 Å². The number of anilines is 2. The predicted octanol–water partition coefficient (Wildman–Crippen LogP) is 3.34. The van der Waals surface area contributed by atoms with Crippen molar-refractivity contribution >= 4 is 11.6 Å². The monoisotopic (exact) mass is 241 g/mol. The van der Waals surface area contributed by atoms with Gasteiger partial charge in [0.25, 0.3) is 0 Å². The van der Waals surface area contributed by atoms with Crippen molar-refractivity contribution in [3.63, 3.8) is 0 Å². The third kappa shape index (κ3) is 3.23. The van der Waals surface area contributed by atoms with E-state index in [4.69, 9.17) is 0 Å². The first kappa shape index (κ1) is 12.4. The molecule has 0 spiro atoms. The van der Waals surface area contributed by atoms with Gasteiger partial charge in [-0.15, -0.1) is 0 Å². The summed E-state index contributed by atoms with van der Waals surface area (Å²) in [7, 11) is 1.87. The van der Waals surface area contributed by atoms with Crippen molar-refractivity contribution in [2.45, 2.75) is 12.8 Å². The molecule has 0 saturated heterocycles. The summed E-state index contributed by atoms with van der Waals surface area (Å²) in [4.78, 5) is 4.43. The SMILES string of the molecule is CNc1cccc(NCC(C)c2ccccc2)n1. The maximum Gasteiger partial charge on any atom is 0.128 e. The van der Waals surface area contributed by atoms with Gasteiger partial charge in [-0.25, -0.2) is 4.98 Å². The molecular formula is C15H19N3. The van der Waals surface area contributed by atoms with Crippen LogP contribution in [0, 0.1) is 0 Å². The number of aromatic nitrogens is 1. The first-order chi connectivity index (χ1) is 8.79. The number of pyridine rings is 1. The van der Waals surface area contributed by atoms with Crippen molar-refractivity contribution in [3.8, 4) is 0 Å². The Kier molecular flexibility index (Phi) is 4.18. The van der Waals surface area contributed by atoms with Gasteiger partial charge in [0.1, 0.15) is 11.6 Å². The molecule has 1 heterocycles. The highest BCUT2D eigenvalue weighted by molar-refractivity contribution is 5.44. The number of nitrogens with one attached hydrogen (secondary N) is 2. The molecule has 0 amide bonds. The van der Waals surface area contributed by atoms with Gasteiger partial charge in [0.05, 0.1) is 0 Å². The number of hydrogen-bond acceptors (Lipinski definition) is 3. The van der Waals surface area contributed by atoms with E-state index < -0.39 is 0 Å². The maximum atomic E-state index is 4.43. The minimum Gasteiger partial charge on any atom is -0.373 e. The molecule has 18 heavy (non-hydrogen) atoms. The molecular weight excluding hydrogens is 222 g/mol. The number of hydrogen-bond donors (Lipinski definition) is 2. The van der Waals surface area contributed by atoms with E-state index >= 15 is 0 Å². The van der Waals surface area contributed by atoms with Gasteiger partial charge in [-0.05, 0) is 23.6 Å². The first-order valence-electron chi connectivity index (χ1n) is 6.23. The Morgan fingerprint density at radius 1 is 1.00 bits per heavy atom. The van der Waals surface area contributed by atoms with Gasteiger partial charge in [0, 0.05) is 13.6 Å². The summed E-state index contributed by atoms with van der Waals surface area (Å²) in [6.07, 6.45) is 0. The van der Waals surface area contributed by atoms with Gasteiger partial charge in [-0.2, -0.15) is 0 Å². The normalized spacial score (nSPS) is 11.9. The second-order valence-corrected chi connectivity index (χ2v) is 4.35. The van der Waals surface area contributed by atoms with Crippen LogP contribution in [0.5, 0.6) is 0 Å². The standard InChI is InChI=1S/C15H19N3/c1-12(13-7-4-3-5-8-13)11-17-15-10-6-9-14(16-2)18-15/h3-10,12H,11H2,1-2H3,(H2,16,17,18). The molecule has 0 aliphatic rings. The summed E-state index contributed by atoms with van der Waals surface area (Å²) >= 11 is 0. The highest BCUT2D eigenvalue weighted by Gasteiger charge is 2.04. The van der Waals surface area contributed by atoms with Crippen molar-refractivity contribution in [3.05, 3.63) is 54.1 Å². The molecule has 1 aromatic heterocycles. The Balaban J connectivity index is 1.95. The van der Waals surface area contributed by atoms with Crippen molar-refractivity contribution < 1.29 is 0 Å². The quantitative estimate of drug-likeness (QED) is 0.843. The van der Waals surface area contributed by atoms with Crippen molar-refractivity contribution in [2.24, 2.45) is 0 Å². The van der Waals surface area contributed by atoms with E-state index in [0.717, 1.165) is 18.2 Å². The molecule has 0 bridgehead atoms. The number of rotatable bonds is 5. The molecule has 1 aromatic carbocycles. The van der Waals surface area contributed by atoms with Crippen LogP contribution in [-0.2, 0) is 0 Å². The fourth-order valence-corrected chi connectivity index (χ4v) is 1.83. The molecule has 94 valence electrons. The van der Waals surface area contributed by atoms with Crippen molar-refractivity contribution in [2.75, 3.05) is 24.2 Å². The summed E-state index contributed by atoms with van der Waals surface area (Å²) in [6.45, 7) is 3.09. The molecule has 0 aliphatic carbocycles. The summed E-state index contributed by atoms with van der Waals surface area (Å²) in [6, 6.07) is 16.4. The van der Waals surface area contributed by atoms with Gasteiger partial charge < -0.3 is 10.6 Å². The van der Waals surface area contributed by atoms with Gasteiger partial charge >= 0.3 is 0 Å². The average molecular weight is 241 g/mol. The summed E-state index contributed by atoms with van der Waals surface area (Å²) in [5, 5.41) is 6.40. The van der Waals surface area contributed by atoms with Crippen LogP contribution in [0.15, 0.2) is 48.5 Å². The van der Waals surface area contributed by atoms with Gasteiger partial charge in [-0.1, -0.05) is 43.3 Å². The second kappa shape index (κ2) is 6.05. The van der Waals surface area contributed by atoms with Crippen LogP contribution in [-0.4, -0.2) is 18.6 Å². The molecule has 0 aliphatic heterocycles. The Bertz CT molecular complexity index is 482. The second-order valence-electron chi connectivity index (χ2n) is 4.35. The lowest BCUT2D eigenvalue weighted by molar-refractivity contribution is 0.802. The molecule has 2 aromatic rings. The van der Waals surface area contributed by atoms with Crippen LogP contribution < -0.4 is 10.6 Å². The van der Waals surface area contributed by atoms with E-state index in [0.29, 0.717) is 5.92 Å². The summed E-state index contributed by atoms with van der Waals surface area (Å²) in [5.41, 5.74) is 1.34. The lowest BCUT2D eigenvalue weighted by Gasteiger charge is -2.13. The van der Waals surface area contributed by atoms with Crippen LogP contribution in [0.3, 0.4) is 0 Å². The topological polar surface area (TPSA) is 37.0 Å². The maximum absolute atomic E-state index is 4.43. The zero-order chi connectivity index (χ0) is 12.8. The fraction of sp³-hybridized carbons (Fsp3) is 0.267. The highest BCUT2D eigenvalue weighted by Crippen LogP contribution is 2.16. The van der Waals surface area contributed by atoms with Crippen molar-refractivity contribution in [1.82, 2.24) is 4.98 Å². The predicted molar refractivity (Wildman–Crippen MR) is 77.1 cm³/mol. The molecule has 3 nitrogen and oxygen atoms in total. The van der Waals surface area contributed by atoms with E-state index in [1.54, 1.807) is 0 Å². The Labute approximate surface area is 108 Å². The molecule has 0 radical (unpaired) electrons. The fourth-order valence-electron chi connectivity index (χ4n) is 1.83. The average Bonchev–Trinajstić information content (AvgIpc) is 2.46. The third-order valence-corrected chi connectivity index (χ3v) is 2.96. The Morgan fingerprint density at radius 2 is 1.72 bits per heavy atom. The summed E-state index contributed by atoms with van der Waals surface area (Å²) in [5.74, 6) is 2.25. The van der Waals surface area contributed by atoms with Crippen LogP contribution in [0.25, 0.3) is 0 Å². The van der Waals surface area contributed by atoms with Gasteiger partial charge in [0.2, 0.25) is 0 Å². The van der Waals surface area contributed by atoms with E-state index in [2.05, 4.69) is 46.8 Å². The molecule has 0 saturated carbocycles. The van der Waals surface area contributed by atoms with E-state index in [9.17, 15) is 0 Å². The molecule has 3 heteroatoms. The molecule has 2 N–H and O–H groups in total. The first-order valence-corrected chi connectivity index (χ1v) is 6.23. The lowest BCUT2D eigenvalue weighted by Crippen LogP contribution is -2.11. The van der Waals surface area contributed by atoms with E-state index in [1.165, 1.54) is 5.56 Å². The molecule has 2 rings (SSSR count). The lowest BCUT2D eigenvalue weighted by atomic mass is 10.0. The van der Waals surface area contributed by atoms with E-state index in [-0.39, 0.29) is 0 Å². The van der Waals surface area contributed by atoms with Gasteiger partial charge in [-0.3, -0.25) is 0 Å². The molecule has 0 fully saturated rings. The van der Waals surface area contributed by atoms with Crippen LogP contribution in [0.4, 0.5) is 11.6 Å². The molecule has 1 unspecified atom stereocenters. The zero-order valence-electron chi connectivity index (χ0n) is 10.9. The van der Waals surface area contributed by atoms with Crippen LogP contribution in [0.1, 0.15) is 18.4 Å². The van der Waals surface area contributed by atoms with Crippen LogP contribution >= 0.6 is 0 Å².